The van der Waals surface area contributed by atoms with Crippen LogP contribution in [0.5, 0.6) is 0 Å². The molecule has 2 heterocycles. The number of ether oxygens (including phenoxy) is 1. The van der Waals surface area contributed by atoms with Gasteiger partial charge in [0.1, 0.15) is 13.1 Å². The molecular formula is C16H24N3O3S+. The number of esters is 1. The van der Waals surface area contributed by atoms with Crippen molar-refractivity contribution in [2.75, 3.05) is 20.2 Å². The van der Waals surface area contributed by atoms with Crippen LogP contribution >= 0.6 is 11.3 Å². The lowest BCUT2D eigenvalue weighted by molar-refractivity contribution is -0.888. The zero-order valence-corrected chi connectivity index (χ0v) is 14.6. The van der Waals surface area contributed by atoms with Crippen LogP contribution < -0.4 is 15.5 Å². The van der Waals surface area contributed by atoms with Gasteiger partial charge in [-0.1, -0.05) is 13.0 Å². The molecule has 0 spiro atoms. The number of thiophene rings is 1. The third kappa shape index (κ3) is 4.56. The van der Waals surface area contributed by atoms with Gasteiger partial charge in [0.15, 0.2) is 0 Å². The quantitative estimate of drug-likeness (QED) is 0.640. The SMILES string of the molecule is CCOC(=O)C1=C(C[NH+](C)Cc2cccs2)NC(=O)N[C@@H]1CC. The van der Waals surface area contributed by atoms with E-state index in [0.29, 0.717) is 30.8 Å². The zero-order chi connectivity index (χ0) is 16.8. The van der Waals surface area contributed by atoms with Crippen LogP contribution in [0.15, 0.2) is 28.8 Å². The predicted octanol–water partition coefficient (Wildman–Crippen LogP) is 0.671. The number of rotatable bonds is 7. The molecule has 2 amide bonds. The molecule has 1 aromatic heterocycles. The van der Waals surface area contributed by atoms with Gasteiger partial charge in [-0.3, -0.25) is 0 Å². The first kappa shape index (κ1) is 17.5. The number of amides is 2. The summed E-state index contributed by atoms with van der Waals surface area (Å²) < 4.78 is 5.17. The van der Waals surface area contributed by atoms with Gasteiger partial charge in [-0.05, 0) is 24.8 Å². The number of quaternary nitrogens is 1. The Bertz CT molecular complexity index is 583. The molecule has 0 radical (unpaired) electrons. The van der Waals surface area contributed by atoms with Crippen molar-refractivity contribution in [1.82, 2.24) is 10.6 Å². The molecule has 0 aromatic carbocycles. The summed E-state index contributed by atoms with van der Waals surface area (Å²) in [6, 6.07) is 3.55. The average Bonchev–Trinajstić information content (AvgIpc) is 2.99. The highest BCUT2D eigenvalue weighted by Gasteiger charge is 2.32. The highest BCUT2D eigenvalue weighted by atomic mass is 32.1. The minimum atomic E-state index is -0.356. The molecule has 2 rings (SSSR count). The summed E-state index contributed by atoms with van der Waals surface area (Å²) in [5.41, 5.74) is 1.20. The molecule has 7 heteroatoms. The van der Waals surface area contributed by atoms with E-state index in [9.17, 15) is 9.59 Å². The minimum absolute atomic E-state index is 0.260. The Morgan fingerprint density at radius 3 is 2.78 bits per heavy atom. The van der Waals surface area contributed by atoms with Crippen LogP contribution in [-0.2, 0) is 16.1 Å². The number of carbonyl (C=O) groups excluding carboxylic acids is 2. The molecule has 0 aliphatic carbocycles. The summed E-state index contributed by atoms with van der Waals surface area (Å²) in [6.45, 7) is 5.45. The van der Waals surface area contributed by atoms with E-state index in [1.54, 1.807) is 18.3 Å². The largest absolute Gasteiger partial charge is 0.463 e. The van der Waals surface area contributed by atoms with Gasteiger partial charge in [0, 0.05) is 0 Å². The molecule has 1 aromatic rings. The normalized spacial score (nSPS) is 19.1. The molecule has 1 aliphatic heterocycles. The van der Waals surface area contributed by atoms with E-state index in [0.717, 1.165) is 6.54 Å². The van der Waals surface area contributed by atoms with Crippen LogP contribution in [0.2, 0.25) is 0 Å². The van der Waals surface area contributed by atoms with Crippen molar-refractivity contribution in [3.8, 4) is 0 Å². The van der Waals surface area contributed by atoms with E-state index >= 15 is 0 Å². The van der Waals surface area contributed by atoms with Gasteiger partial charge in [0.25, 0.3) is 0 Å². The summed E-state index contributed by atoms with van der Waals surface area (Å²) in [7, 11) is 2.05. The molecule has 0 saturated carbocycles. The standard InChI is InChI=1S/C16H23N3O3S/c1-4-12-14(15(20)22-5-2)13(18-16(21)17-12)10-19(3)9-11-7-6-8-23-11/h6-8,12H,4-5,9-10H2,1-3H3,(H2,17,18,21)/p+1/t12-/m1/s1. The third-order valence-corrected chi connectivity index (χ3v) is 4.56. The van der Waals surface area contributed by atoms with Crippen molar-refractivity contribution in [1.29, 1.82) is 0 Å². The minimum Gasteiger partial charge on any atom is -0.463 e. The van der Waals surface area contributed by atoms with Gasteiger partial charge in [-0.25, -0.2) is 9.59 Å². The first-order chi connectivity index (χ1) is 11.0. The van der Waals surface area contributed by atoms with Gasteiger partial charge in [-0.15, -0.1) is 11.3 Å². The summed E-state index contributed by atoms with van der Waals surface area (Å²) in [4.78, 5) is 26.6. The molecule has 23 heavy (non-hydrogen) atoms. The second kappa shape index (κ2) is 8.12. The molecule has 0 fully saturated rings. The predicted molar refractivity (Wildman–Crippen MR) is 89.2 cm³/mol. The number of likely N-dealkylation sites (N-methyl/N-ethyl adjacent to an activating group) is 1. The molecule has 2 atom stereocenters. The number of carbonyl (C=O) groups is 2. The monoisotopic (exact) mass is 338 g/mol. The van der Waals surface area contributed by atoms with Crippen LogP contribution in [0, 0.1) is 0 Å². The van der Waals surface area contributed by atoms with Crippen LogP contribution in [0.4, 0.5) is 4.79 Å². The fourth-order valence-electron chi connectivity index (χ4n) is 2.68. The smallest absolute Gasteiger partial charge is 0.338 e. The van der Waals surface area contributed by atoms with Crippen LogP contribution in [-0.4, -0.2) is 38.2 Å². The topological polar surface area (TPSA) is 71.9 Å². The van der Waals surface area contributed by atoms with Gasteiger partial charge in [0.05, 0.1) is 35.8 Å². The molecule has 6 nitrogen and oxygen atoms in total. The van der Waals surface area contributed by atoms with Gasteiger partial charge < -0.3 is 20.3 Å². The maximum absolute atomic E-state index is 12.3. The summed E-state index contributed by atoms with van der Waals surface area (Å²) >= 11 is 1.71. The Morgan fingerprint density at radius 1 is 1.39 bits per heavy atom. The van der Waals surface area contributed by atoms with E-state index in [1.165, 1.54) is 9.78 Å². The molecule has 0 saturated heterocycles. The zero-order valence-electron chi connectivity index (χ0n) is 13.8. The maximum Gasteiger partial charge on any atom is 0.338 e. The first-order valence-electron chi connectivity index (χ1n) is 7.86. The Morgan fingerprint density at radius 2 is 2.17 bits per heavy atom. The Labute approximate surface area is 140 Å². The van der Waals surface area contributed by atoms with Gasteiger partial charge in [-0.2, -0.15) is 0 Å². The van der Waals surface area contributed by atoms with Crippen molar-refractivity contribution in [3.05, 3.63) is 33.7 Å². The van der Waals surface area contributed by atoms with E-state index < -0.39 is 0 Å². The fraction of sp³-hybridized carbons (Fsp3) is 0.500. The number of nitrogens with one attached hydrogen (secondary N) is 3. The van der Waals surface area contributed by atoms with E-state index in [-0.39, 0.29) is 18.0 Å². The second-order valence-electron chi connectivity index (χ2n) is 5.56. The van der Waals surface area contributed by atoms with Crippen LogP contribution in [0.3, 0.4) is 0 Å². The Kier molecular flexibility index (Phi) is 6.18. The Hall–Kier alpha value is -1.86. The lowest BCUT2D eigenvalue weighted by Gasteiger charge is -2.29. The van der Waals surface area contributed by atoms with Gasteiger partial charge in [0.2, 0.25) is 0 Å². The van der Waals surface area contributed by atoms with Gasteiger partial charge >= 0.3 is 12.0 Å². The fourth-order valence-corrected chi connectivity index (χ4v) is 3.49. The molecule has 1 unspecified atom stereocenters. The summed E-state index contributed by atoms with van der Waals surface area (Å²) in [5.74, 6) is -0.356. The number of hydrogen-bond donors (Lipinski definition) is 3. The molecule has 3 N–H and O–H groups in total. The summed E-state index contributed by atoms with van der Waals surface area (Å²) in [6.07, 6.45) is 0.648. The van der Waals surface area contributed by atoms with Crippen molar-refractivity contribution >= 4 is 23.3 Å². The van der Waals surface area contributed by atoms with E-state index in [2.05, 4.69) is 16.7 Å². The highest BCUT2D eigenvalue weighted by molar-refractivity contribution is 7.09. The number of hydrogen-bond acceptors (Lipinski definition) is 4. The van der Waals surface area contributed by atoms with Crippen molar-refractivity contribution < 1.29 is 19.2 Å². The Balaban J connectivity index is 2.20. The van der Waals surface area contributed by atoms with Crippen LogP contribution in [0.1, 0.15) is 25.1 Å². The van der Waals surface area contributed by atoms with E-state index in [4.69, 9.17) is 4.74 Å². The maximum atomic E-state index is 12.3. The lowest BCUT2D eigenvalue weighted by Crippen LogP contribution is -3.08. The molecule has 0 bridgehead atoms. The first-order valence-corrected chi connectivity index (χ1v) is 8.74. The summed E-state index contributed by atoms with van der Waals surface area (Å²) in [5, 5.41) is 7.63. The van der Waals surface area contributed by atoms with Crippen molar-refractivity contribution in [3.63, 3.8) is 0 Å². The lowest BCUT2D eigenvalue weighted by atomic mass is 10.00. The molecule has 126 valence electrons. The van der Waals surface area contributed by atoms with Crippen molar-refractivity contribution in [2.24, 2.45) is 0 Å². The second-order valence-corrected chi connectivity index (χ2v) is 6.59. The highest BCUT2D eigenvalue weighted by Crippen LogP contribution is 2.16. The van der Waals surface area contributed by atoms with Crippen molar-refractivity contribution in [2.45, 2.75) is 32.9 Å². The van der Waals surface area contributed by atoms with Crippen LogP contribution in [0.25, 0.3) is 0 Å². The third-order valence-electron chi connectivity index (χ3n) is 3.68. The molecular weight excluding hydrogens is 314 g/mol. The van der Waals surface area contributed by atoms with E-state index in [1.807, 2.05) is 25.4 Å². The average molecular weight is 338 g/mol. The number of urea groups is 1. The molecule has 1 aliphatic rings.